The molecule has 0 spiro atoms. The van der Waals surface area contributed by atoms with Gasteiger partial charge < -0.3 is 4.74 Å². The number of hydrogen-bond acceptors (Lipinski definition) is 4. The molecule has 0 radical (unpaired) electrons. The third-order valence-electron chi connectivity index (χ3n) is 2.83. The van der Waals surface area contributed by atoms with E-state index in [1.807, 2.05) is 18.2 Å². The monoisotopic (exact) mass is 375 g/mol. The number of carbonyl (C=O) groups excluding carboxylic acids is 1. The normalized spacial score (nSPS) is 11.0. The Labute approximate surface area is 143 Å². The van der Waals surface area contributed by atoms with Crippen molar-refractivity contribution < 1.29 is 9.53 Å². The lowest BCUT2D eigenvalue weighted by Crippen LogP contribution is -2.17. The summed E-state index contributed by atoms with van der Waals surface area (Å²) in [6.45, 7) is 4.85. The molecule has 5 nitrogen and oxygen atoms in total. The van der Waals surface area contributed by atoms with Crippen LogP contribution >= 0.6 is 15.9 Å². The van der Waals surface area contributed by atoms with Gasteiger partial charge >= 0.3 is 0 Å². The number of halogens is 1. The van der Waals surface area contributed by atoms with E-state index in [-0.39, 0.29) is 5.91 Å². The van der Waals surface area contributed by atoms with E-state index in [0.717, 1.165) is 15.8 Å². The third kappa shape index (κ3) is 5.49. The molecule has 2 rings (SSSR count). The van der Waals surface area contributed by atoms with Gasteiger partial charge in [-0.2, -0.15) is 5.10 Å². The van der Waals surface area contributed by atoms with Crippen LogP contribution in [0.4, 0.5) is 0 Å². The molecular formula is C17H18BrN3O2. The summed E-state index contributed by atoms with van der Waals surface area (Å²) in [4.78, 5) is 15.7. The molecule has 1 heterocycles. The van der Waals surface area contributed by atoms with Crippen LogP contribution in [0.3, 0.4) is 0 Å². The number of ether oxygens (including phenoxy) is 1. The zero-order valence-electron chi connectivity index (χ0n) is 13.0. The molecule has 23 heavy (non-hydrogen) atoms. The van der Waals surface area contributed by atoms with E-state index >= 15 is 0 Å². The molecule has 0 fully saturated rings. The summed E-state index contributed by atoms with van der Waals surface area (Å²) in [7, 11) is 0. The van der Waals surface area contributed by atoms with Crippen molar-refractivity contribution in [2.24, 2.45) is 11.0 Å². The number of hydrazone groups is 1. The van der Waals surface area contributed by atoms with Gasteiger partial charge in [0.2, 0.25) is 0 Å². The van der Waals surface area contributed by atoms with Gasteiger partial charge in [0.25, 0.3) is 5.91 Å². The Balaban J connectivity index is 1.95. The van der Waals surface area contributed by atoms with Crippen molar-refractivity contribution in [1.82, 2.24) is 10.4 Å². The third-order valence-corrected chi connectivity index (χ3v) is 3.45. The van der Waals surface area contributed by atoms with Gasteiger partial charge in [-0.25, -0.2) is 5.43 Å². The predicted molar refractivity (Wildman–Crippen MR) is 93.8 cm³/mol. The number of nitrogens with zero attached hydrogens (tertiary/aromatic N) is 2. The second-order valence-corrected chi connectivity index (χ2v) is 6.19. The molecule has 0 saturated carbocycles. The molecule has 2 aromatic rings. The number of carbonyl (C=O) groups is 1. The van der Waals surface area contributed by atoms with Crippen LogP contribution in [0.25, 0.3) is 0 Å². The lowest BCUT2D eigenvalue weighted by atomic mass is 10.2. The predicted octanol–water partition coefficient (Wildman–Crippen LogP) is 3.64. The van der Waals surface area contributed by atoms with Crippen LogP contribution < -0.4 is 10.2 Å². The number of hydrogen-bond donors (Lipinski definition) is 1. The van der Waals surface area contributed by atoms with Crippen molar-refractivity contribution >= 4 is 28.1 Å². The average Bonchev–Trinajstić information content (AvgIpc) is 2.54. The average molecular weight is 376 g/mol. The quantitative estimate of drug-likeness (QED) is 0.619. The minimum atomic E-state index is -0.301. The van der Waals surface area contributed by atoms with E-state index in [1.54, 1.807) is 24.5 Å². The molecule has 0 unspecified atom stereocenters. The van der Waals surface area contributed by atoms with E-state index in [2.05, 4.69) is 45.3 Å². The maximum Gasteiger partial charge on any atom is 0.272 e. The van der Waals surface area contributed by atoms with Crippen molar-refractivity contribution in [2.75, 3.05) is 6.61 Å². The maximum atomic E-state index is 11.8. The standard InChI is InChI=1S/C17H18BrN3O2/c1-12(2)11-23-16-6-5-13(8-15(16)18)9-20-21-17(22)14-4-3-7-19-10-14/h3-10,12H,11H2,1-2H3,(H,21,22)/b20-9-. The number of pyridine rings is 1. The van der Waals surface area contributed by atoms with E-state index in [4.69, 9.17) is 4.74 Å². The molecule has 1 N–H and O–H groups in total. The second-order valence-electron chi connectivity index (χ2n) is 5.34. The van der Waals surface area contributed by atoms with Gasteiger partial charge in [0, 0.05) is 12.4 Å². The Morgan fingerprint density at radius 3 is 2.91 bits per heavy atom. The highest BCUT2D eigenvalue weighted by Gasteiger charge is 2.04. The molecule has 0 aliphatic heterocycles. The lowest BCUT2D eigenvalue weighted by molar-refractivity contribution is 0.0955. The highest BCUT2D eigenvalue weighted by atomic mass is 79.9. The van der Waals surface area contributed by atoms with Gasteiger partial charge in [0.1, 0.15) is 5.75 Å². The zero-order valence-corrected chi connectivity index (χ0v) is 14.6. The van der Waals surface area contributed by atoms with Crippen LogP contribution in [0, 0.1) is 5.92 Å². The van der Waals surface area contributed by atoms with Crippen molar-refractivity contribution in [3.05, 3.63) is 58.3 Å². The highest BCUT2D eigenvalue weighted by molar-refractivity contribution is 9.10. The SMILES string of the molecule is CC(C)COc1ccc(/C=N\NC(=O)c2cccnc2)cc1Br. The number of amides is 1. The number of aromatic nitrogens is 1. The molecular weight excluding hydrogens is 358 g/mol. The molecule has 0 saturated heterocycles. The van der Waals surface area contributed by atoms with Crippen LogP contribution in [0.2, 0.25) is 0 Å². The van der Waals surface area contributed by atoms with E-state index in [1.165, 1.54) is 6.20 Å². The summed E-state index contributed by atoms with van der Waals surface area (Å²) < 4.78 is 6.53. The topological polar surface area (TPSA) is 63.6 Å². The smallest absolute Gasteiger partial charge is 0.272 e. The van der Waals surface area contributed by atoms with E-state index < -0.39 is 0 Å². The van der Waals surface area contributed by atoms with Gasteiger partial charge in [-0.3, -0.25) is 9.78 Å². The summed E-state index contributed by atoms with van der Waals surface area (Å²) in [6, 6.07) is 9.01. The first-order chi connectivity index (χ1) is 11.1. The fourth-order valence-electron chi connectivity index (χ4n) is 1.70. The van der Waals surface area contributed by atoms with Crippen LogP contribution in [-0.2, 0) is 0 Å². The van der Waals surface area contributed by atoms with Crippen LogP contribution in [0.15, 0.2) is 52.3 Å². The summed E-state index contributed by atoms with van der Waals surface area (Å²) >= 11 is 3.47. The van der Waals surface area contributed by atoms with Gasteiger partial charge in [-0.05, 0) is 57.7 Å². The Hall–Kier alpha value is -2.21. The van der Waals surface area contributed by atoms with Crippen molar-refractivity contribution in [2.45, 2.75) is 13.8 Å². The lowest BCUT2D eigenvalue weighted by Gasteiger charge is -2.10. The Kier molecular flexibility index (Phi) is 6.29. The van der Waals surface area contributed by atoms with Crippen molar-refractivity contribution in [3.8, 4) is 5.75 Å². The molecule has 0 aliphatic rings. The van der Waals surface area contributed by atoms with Crippen LogP contribution in [0.1, 0.15) is 29.8 Å². The number of rotatable bonds is 6. The molecule has 6 heteroatoms. The first kappa shape index (κ1) is 17.1. The highest BCUT2D eigenvalue weighted by Crippen LogP contribution is 2.25. The van der Waals surface area contributed by atoms with Crippen LogP contribution in [0.5, 0.6) is 5.75 Å². The fraction of sp³-hybridized carbons (Fsp3) is 0.235. The van der Waals surface area contributed by atoms with Gasteiger partial charge in [0.15, 0.2) is 0 Å². The summed E-state index contributed by atoms with van der Waals surface area (Å²) in [5.41, 5.74) is 3.77. The Morgan fingerprint density at radius 1 is 1.43 bits per heavy atom. The first-order valence-corrected chi connectivity index (χ1v) is 8.01. The Bertz CT molecular complexity index is 687. The van der Waals surface area contributed by atoms with Gasteiger partial charge in [-0.15, -0.1) is 0 Å². The molecule has 0 atom stereocenters. The molecule has 0 bridgehead atoms. The summed E-state index contributed by atoms with van der Waals surface area (Å²) in [6.07, 6.45) is 4.67. The fourth-order valence-corrected chi connectivity index (χ4v) is 2.21. The molecule has 0 aliphatic carbocycles. The van der Waals surface area contributed by atoms with Crippen LogP contribution in [-0.4, -0.2) is 23.7 Å². The van der Waals surface area contributed by atoms with Crippen molar-refractivity contribution in [3.63, 3.8) is 0 Å². The number of benzene rings is 1. The molecule has 1 aromatic heterocycles. The minimum Gasteiger partial charge on any atom is -0.492 e. The van der Waals surface area contributed by atoms with E-state index in [0.29, 0.717) is 18.1 Å². The summed E-state index contributed by atoms with van der Waals surface area (Å²) in [5, 5.41) is 3.95. The molecule has 120 valence electrons. The maximum absolute atomic E-state index is 11.8. The van der Waals surface area contributed by atoms with E-state index in [9.17, 15) is 4.79 Å². The van der Waals surface area contributed by atoms with Gasteiger partial charge in [-0.1, -0.05) is 13.8 Å². The largest absolute Gasteiger partial charge is 0.492 e. The molecule has 1 amide bonds. The first-order valence-electron chi connectivity index (χ1n) is 7.22. The van der Waals surface area contributed by atoms with Crippen molar-refractivity contribution in [1.29, 1.82) is 0 Å². The summed E-state index contributed by atoms with van der Waals surface area (Å²) in [5.74, 6) is 0.950. The minimum absolute atomic E-state index is 0.301. The Morgan fingerprint density at radius 2 is 2.26 bits per heavy atom. The van der Waals surface area contributed by atoms with Gasteiger partial charge in [0.05, 0.1) is 22.9 Å². The number of nitrogens with one attached hydrogen (secondary N) is 1. The molecule has 1 aromatic carbocycles. The second kappa shape index (κ2) is 8.43. The zero-order chi connectivity index (χ0) is 16.7.